The predicted molar refractivity (Wildman–Crippen MR) is 71.6 cm³/mol. The fourth-order valence-corrected chi connectivity index (χ4v) is 1.62. The van der Waals surface area contributed by atoms with Crippen LogP contribution in [0.5, 0.6) is 0 Å². The lowest BCUT2D eigenvalue weighted by molar-refractivity contribution is 0.153. The molecule has 1 rings (SSSR count). The molecule has 16 heavy (non-hydrogen) atoms. The van der Waals surface area contributed by atoms with E-state index >= 15 is 0 Å². The molecule has 2 heteroatoms. The van der Waals surface area contributed by atoms with Gasteiger partial charge in [0.05, 0.1) is 0 Å². The van der Waals surface area contributed by atoms with Crippen molar-refractivity contribution in [3.05, 3.63) is 29.8 Å². The molecule has 0 aromatic heterocycles. The summed E-state index contributed by atoms with van der Waals surface area (Å²) >= 11 is 0. The second-order valence-electron chi connectivity index (χ2n) is 5.08. The fourth-order valence-electron chi connectivity index (χ4n) is 1.62. The average Bonchev–Trinajstić information content (AvgIpc) is 2.26. The second kappa shape index (κ2) is 5.35. The monoisotopic (exact) mass is 220 g/mol. The zero-order valence-corrected chi connectivity index (χ0v) is 11.0. The van der Waals surface area contributed by atoms with Crippen molar-refractivity contribution >= 4 is 5.69 Å². The van der Waals surface area contributed by atoms with Gasteiger partial charge < -0.3 is 10.6 Å². The van der Waals surface area contributed by atoms with Gasteiger partial charge in [-0.05, 0) is 51.4 Å². The zero-order valence-electron chi connectivity index (χ0n) is 11.0. The Labute approximate surface area is 99.5 Å². The van der Waals surface area contributed by atoms with Crippen molar-refractivity contribution in [1.29, 1.82) is 0 Å². The molecular weight excluding hydrogens is 196 g/mol. The van der Waals surface area contributed by atoms with E-state index in [2.05, 4.69) is 44.9 Å². The molecule has 0 radical (unpaired) electrons. The van der Waals surface area contributed by atoms with Gasteiger partial charge in [0, 0.05) is 17.8 Å². The minimum atomic E-state index is 0.278. The van der Waals surface area contributed by atoms with Crippen molar-refractivity contribution < 1.29 is 0 Å². The van der Waals surface area contributed by atoms with E-state index in [-0.39, 0.29) is 5.54 Å². The summed E-state index contributed by atoms with van der Waals surface area (Å²) in [4.78, 5) is 2.41. The molecule has 2 N–H and O–H groups in total. The molecule has 0 atom stereocenters. The predicted octanol–water partition coefficient (Wildman–Crippen LogP) is 2.93. The maximum atomic E-state index is 5.76. The quantitative estimate of drug-likeness (QED) is 0.773. The van der Waals surface area contributed by atoms with Gasteiger partial charge in [-0.15, -0.1) is 0 Å². The van der Waals surface area contributed by atoms with Crippen molar-refractivity contribution in [3.63, 3.8) is 0 Å². The third kappa shape index (κ3) is 3.53. The second-order valence-corrected chi connectivity index (χ2v) is 5.08. The molecule has 0 saturated heterocycles. The summed E-state index contributed by atoms with van der Waals surface area (Å²) in [6.07, 6.45) is 2.23. The number of hydrogen-bond acceptors (Lipinski definition) is 2. The van der Waals surface area contributed by atoms with E-state index in [4.69, 9.17) is 5.73 Å². The molecule has 0 amide bonds. The van der Waals surface area contributed by atoms with Crippen LogP contribution in [-0.2, 0) is 6.42 Å². The van der Waals surface area contributed by atoms with Gasteiger partial charge in [-0.1, -0.05) is 19.1 Å². The van der Waals surface area contributed by atoms with E-state index in [1.165, 1.54) is 12.0 Å². The molecule has 90 valence electrons. The maximum Gasteiger partial charge on any atom is 0.0316 e. The van der Waals surface area contributed by atoms with E-state index < -0.39 is 0 Å². The summed E-state index contributed by atoms with van der Waals surface area (Å²) in [5.74, 6) is 0. The van der Waals surface area contributed by atoms with Crippen molar-refractivity contribution in [2.45, 2.75) is 39.2 Å². The van der Waals surface area contributed by atoms with Gasteiger partial charge in [0.25, 0.3) is 0 Å². The molecule has 0 unspecified atom stereocenters. The van der Waals surface area contributed by atoms with Crippen molar-refractivity contribution in [2.75, 3.05) is 19.3 Å². The molecular formula is C14H24N2. The van der Waals surface area contributed by atoms with Crippen LogP contribution in [0.15, 0.2) is 24.3 Å². The number of likely N-dealkylation sites (N-methyl/N-ethyl adjacent to an activating group) is 1. The van der Waals surface area contributed by atoms with Crippen LogP contribution < -0.4 is 5.73 Å². The van der Waals surface area contributed by atoms with E-state index in [0.717, 1.165) is 18.7 Å². The molecule has 2 nitrogen and oxygen atoms in total. The van der Waals surface area contributed by atoms with E-state index in [1.807, 2.05) is 12.1 Å². The number of benzene rings is 1. The van der Waals surface area contributed by atoms with Crippen molar-refractivity contribution in [2.24, 2.45) is 0 Å². The highest BCUT2D eigenvalue weighted by Gasteiger charge is 2.20. The highest BCUT2D eigenvalue weighted by Crippen LogP contribution is 2.17. The SMILES string of the molecule is CCC(C)(C)N(C)CCc1cccc(N)c1. The summed E-state index contributed by atoms with van der Waals surface area (Å²) in [5, 5.41) is 0. The van der Waals surface area contributed by atoms with Gasteiger partial charge in [0.2, 0.25) is 0 Å². The Morgan fingerprint density at radius 2 is 2.00 bits per heavy atom. The summed E-state index contributed by atoms with van der Waals surface area (Å²) in [6.45, 7) is 7.88. The van der Waals surface area contributed by atoms with Gasteiger partial charge in [-0.2, -0.15) is 0 Å². The molecule has 0 heterocycles. The zero-order chi connectivity index (χ0) is 12.2. The van der Waals surface area contributed by atoms with Crippen LogP contribution >= 0.6 is 0 Å². The smallest absolute Gasteiger partial charge is 0.0316 e. The van der Waals surface area contributed by atoms with Gasteiger partial charge in [0.15, 0.2) is 0 Å². The minimum absolute atomic E-state index is 0.278. The number of nitrogens with two attached hydrogens (primary N) is 1. The Morgan fingerprint density at radius 3 is 2.56 bits per heavy atom. The Kier molecular flexibility index (Phi) is 4.36. The lowest BCUT2D eigenvalue weighted by Gasteiger charge is -2.34. The molecule has 0 saturated carbocycles. The van der Waals surface area contributed by atoms with E-state index in [9.17, 15) is 0 Å². The van der Waals surface area contributed by atoms with E-state index in [1.54, 1.807) is 0 Å². The summed E-state index contributed by atoms with van der Waals surface area (Å²) in [5.41, 5.74) is 8.22. The average molecular weight is 220 g/mol. The Bertz CT molecular complexity index is 331. The number of anilines is 1. The molecule has 0 fully saturated rings. The molecule has 1 aromatic rings. The first-order valence-electron chi connectivity index (χ1n) is 6.01. The van der Waals surface area contributed by atoms with Gasteiger partial charge in [0.1, 0.15) is 0 Å². The standard InChI is InChI=1S/C14H24N2/c1-5-14(2,3)16(4)10-9-12-7-6-8-13(15)11-12/h6-8,11H,5,9-10,15H2,1-4H3. The van der Waals surface area contributed by atoms with Crippen molar-refractivity contribution in [1.82, 2.24) is 4.90 Å². The first kappa shape index (κ1) is 13.0. The third-order valence-electron chi connectivity index (χ3n) is 3.59. The summed E-state index contributed by atoms with van der Waals surface area (Å²) < 4.78 is 0. The first-order chi connectivity index (χ1) is 7.45. The molecule has 0 aliphatic carbocycles. The van der Waals surface area contributed by atoms with Crippen LogP contribution in [0, 0.1) is 0 Å². The first-order valence-corrected chi connectivity index (χ1v) is 6.01. The van der Waals surface area contributed by atoms with E-state index in [0.29, 0.717) is 0 Å². The van der Waals surface area contributed by atoms with Gasteiger partial charge in [-0.3, -0.25) is 0 Å². The van der Waals surface area contributed by atoms with Crippen LogP contribution in [0.3, 0.4) is 0 Å². The highest BCUT2D eigenvalue weighted by atomic mass is 15.2. The largest absolute Gasteiger partial charge is 0.399 e. The molecule has 0 aliphatic rings. The lowest BCUT2D eigenvalue weighted by Crippen LogP contribution is -2.41. The number of rotatable bonds is 5. The molecule has 0 spiro atoms. The number of hydrogen-bond donors (Lipinski definition) is 1. The maximum absolute atomic E-state index is 5.76. The number of nitrogen functional groups attached to an aromatic ring is 1. The fraction of sp³-hybridized carbons (Fsp3) is 0.571. The van der Waals surface area contributed by atoms with Gasteiger partial charge >= 0.3 is 0 Å². The minimum Gasteiger partial charge on any atom is -0.399 e. The Hall–Kier alpha value is -1.02. The van der Waals surface area contributed by atoms with Crippen LogP contribution in [0.2, 0.25) is 0 Å². The topological polar surface area (TPSA) is 29.3 Å². The van der Waals surface area contributed by atoms with Crippen LogP contribution in [-0.4, -0.2) is 24.0 Å². The molecule has 0 bridgehead atoms. The lowest BCUT2D eigenvalue weighted by atomic mass is 9.99. The van der Waals surface area contributed by atoms with Crippen molar-refractivity contribution in [3.8, 4) is 0 Å². The van der Waals surface area contributed by atoms with Crippen LogP contribution in [0.25, 0.3) is 0 Å². The third-order valence-corrected chi connectivity index (χ3v) is 3.59. The van der Waals surface area contributed by atoms with Gasteiger partial charge in [-0.25, -0.2) is 0 Å². The Morgan fingerprint density at radius 1 is 1.31 bits per heavy atom. The van der Waals surface area contributed by atoms with Crippen LogP contribution in [0.4, 0.5) is 5.69 Å². The highest BCUT2D eigenvalue weighted by molar-refractivity contribution is 5.40. The molecule has 0 aliphatic heterocycles. The number of nitrogens with zero attached hydrogens (tertiary/aromatic N) is 1. The van der Waals surface area contributed by atoms with Crippen LogP contribution in [0.1, 0.15) is 32.8 Å². The normalized spacial score (nSPS) is 12.1. The summed E-state index contributed by atoms with van der Waals surface area (Å²) in [7, 11) is 2.19. The summed E-state index contributed by atoms with van der Waals surface area (Å²) in [6, 6.07) is 8.16. The Balaban J connectivity index is 2.52. The molecule has 1 aromatic carbocycles.